The van der Waals surface area contributed by atoms with Crippen LogP contribution in [0.3, 0.4) is 0 Å². The summed E-state index contributed by atoms with van der Waals surface area (Å²) in [5.41, 5.74) is 4.90. The fourth-order valence-electron chi connectivity index (χ4n) is 2.52. The van der Waals surface area contributed by atoms with Gasteiger partial charge in [-0.15, -0.1) is 0 Å². The summed E-state index contributed by atoms with van der Waals surface area (Å²) in [6.07, 6.45) is 2.97. The molecule has 2 heteroatoms. The molecule has 2 aromatic carbocycles. The van der Waals surface area contributed by atoms with Crippen molar-refractivity contribution < 1.29 is 0 Å². The topological polar surface area (TPSA) is 17.8 Å². The first-order valence-electron chi connectivity index (χ1n) is 6.95. The van der Waals surface area contributed by atoms with Crippen LogP contribution in [0.25, 0.3) is 11.3 Å². The molecular formula is C18H18N2. The second-order valence-electron chi connectivity index (χ2n) is 4.97. The first-order valence-corrected chi connectivity index (χ1v) is 6.95. The third-order valence-corrected chi connectivity index (χ3v) is 3.55. The van der Waals surface area contributed by atoms with Crippen molar-refractivity contribution in [1.29, 1.82) is 0 Å². The van der Waals surface area contributed by atoms with Crippen LogP contribution < -0.4 is 0 Å². The van der Waals surface area contributed by atoms with Crippen molar-refractivity contribution in [3.8, 4) is 11.3 Å². The fraction of sp³-hybridized carbons (Fsp3) is 0.167. The van der Waals surface area contributed by atoms with Crippen LogP contribution in [-0.2, 0) is 13.0 Å². The van der Waals surface area contributed by atoms with Crippen LogP contribution in [0.2, 0.25) is 0 Å². The molecule has 0 atom stereocenters. The lowest BCUT2D eigenvalue weighted by Gasteiger charge is -2.09. The zero-order chi connectivity index (χ0) is 13.8. The van der Waals surface area contributed by atoms with E-state index in [1.165, 1.54) is 16.8 Å². The van der Waals surface area contributed by atoms with E-state index in [2.05, 4.69) is 71.1 Å². The zero-order valence-corrected chi connectivity index (χ0v) is 11.7. The highest BCUT2D eigenvalue weighted by Gasteiger charge is 2.09. The van der Waals surface area contributed by atoms with E-state index in [4.69, 9.17) is 0 Å². The molecule has 0 fully saturated rings. The number of rotatable bonds is 4. The van der Waals surface area contributed by atoms with Crippen molar-refractivity contribution in [2.24, 2.45) is 0 Å². The highest BCUT2D eigenvalue weighted by Crippen LogP contribution is 2.22. The van der Waals surface area contributed by atoms with E-state index in [0.717, 1.165) is 18.7 Å². The van der Waals surface area contributed by atoms with Crippen molar-refractivity contribution in [2.45, 2.75) is 19.9 Å². The van der Waals surface area contributed by atoms with Crippen LogP contribution in [0.15, 0.2) is 67.0 Å². The number of hydrogen-bond acceptors (Lipinski definition) is 1. The van der Waals surface area contributed by atoms with E-state index in [0.29, 0.717) is 0 Å². The molecule has 1 aromatic heterocycles. The summed E-state index contributed by atoms with van der Waals surface area (Å²) in [6.45, 7) is 3.02. The van der Waals surface area contributed by atoms with Gasteiger partial charge in [0.2, 0.25) is 0 Å². The summed E-state index contributed by atoms with van der Waals surface area (Å²) >= 11 is 0. The molecule has 0 spiro atoms. The van der Waals surface area contributed by atoms with Gasteiger partial charge in [0.15, 0.2) is 0 Å². The number of hydrogen-bond donors (Lipinski definition) is 0. The monoisotopic (exact) mass is 262 g/mol. The third kappa shape index (κ3) is 2.64. The van der Waals surface area contributed by atoms with Crippen molar-refractivity contribution >= 4 is 0 Å². The fourth-order valence-corrected chi connectivity index (χ4v) is 2.52. The minimum atomic E-state index is 0.953. The van der Waals surface area contributed by atoms with Gasteiger partial charge in [-0.2, -0.15) is 0 Å². The SMILES string of the molecule is Cc1ncn(CCc2ccccc2)c1-c1ccccc1. The van der Waals surface area contributed by atoms with E-state index < -0.39 is 0 Å². The van der Waals surface area contributed by atoms with Gasteiger partial charge in [0.1, 0.15) is 0 Å². The van der Waals surface area contributed by atoms with Gasteiger partial charge < -0.3 is 4.57 Å². The quantitative estimate of drug-likeness (QED) is 0.692. The molecule has 0 bridgehead atoms. The Morgan fingerprint density at radius 2 is 1.55 bits per heavy atom. The Hall–Kier alpha value is -2.35. The Labute approximate surface area is 119 Å². The summed E-state index contributed by atoms with van der Waals surface area (Å²) in [4.78, 5) is 4.47. The molecular weight excluding hydrogens is 244 g/mol. The molecule has 0 aliphatic heterocycles. The standard InChI is InChI=1S/C18H18N2/c1-15-18(17-10-6-3-7-11-17)20(14-19-15)13-12-16-8-4-2-5-9-16/h2-11,14H,12-13H2,1H3. The maximum Gasteiger partial charge on any atom is 0.0954 e. The maximum absolute atomic E-state index is 4.47. The van der Waals surface area contributed by atoms with Gasteiger partial charge in [0.05, 0.1) is 17.7 Å². The minimum Gasteiger partial charge on any atom is -0.330 e. The second kappa shape index (κ2) is 5.74. The molecule has 0 unspecified atom stereocenters. The lowest BCUT2D eigenvalue weighted by atomic mass is 10.1. The lowest BCUT2D eigenvalue weighted by molar-refractivity contribution is 0.701. The Morgan fingerprint density at radius 3 is 2.25 bits per heavy atom. The summed E-state index contributed by atoms with van der Waals surface area (Å²) in [5, 5.41) is 0. The van der Waals surface area contributed by atoms with Crippen molar-refractivity contribution in [1.82, 2.24) is 9.55 Å². The van der Waals surface area contributed by atoms with E-state index in [-0.39, 0.29) is 0 Å². The first-order chi connectivity index (χ1) is 9.84. The van der Waals surface area contributed by atoms with Gasteiger partial charge >= 0.3 is 0 Å². The average molecular weight is 262 g/mol. The Kier molecular flexibility index (Phi) is 3.64. The Bertz CT molecular complexity index is 669. The molecule has 0 amide bonds. The molecule has 3 aromatic rings. The summed E-state index contributed by atoms with van der Waals surface area (Å²) in [6, 6.07) is 21.1. The third-order valence-electron chi connectivity index (χ3n) is 3.55. The average Bonchev–Trinajstić information content (AvgIpc) is 2.88. The molecule has 3 rings (SSSR count). The minimum absolute atomic E-state index is 0.953. The molecule has 0 aliphatic carbocycles. The van der Waals surface area contributed by atoms with Gasteiger partial charge in [-0.3, -0.25) is 0 Å². The van der Waals surface area contributed by atoms with Gasteiger partial charge in [-0.05, 0) is 18.9 Å². The summed E-state index contributed by atoms with van der Waals surface area (Å²) in [7, 11) is 0. The Balaban J connectivity index is 1.85. The zero-order valence-electron chi connectivity index (χ0n) is 11.7. The predicted molar refractivity (Wildman–Crippen MR) is 82.5 cm³/mol. The van der Waals surface area contributed by atoms with Gasteiger partial charge in [0.25, 0.3) is 0 Å². The molecule has 2 nitrogen and oxygen atoms in total. The van der Waals surface area contributed by atoms with E-state index in [1.54, 1.807) is 0 Å². The highest BCUT2D eigenvalue weighted by atomic mass is 15.1. The van der Waals surface area contributed by atoms with Crippen molar-refractivity contribution in [3.63, 3.8) is 0 Å². The second-order valence-corrected chi connectivity index (χ2v) is 4.97. The smallest absolute Gasteiger partial charge is 0.0954 e. The summed E-state index contributed by atoms with van der Waals surface area (Å²) in [5.74, 6) is 0. The van der Waals surface area contributed by atoms with Crippen LogP contribution in [-0.4, -0.2) is 9.55 Å². The molecule has 1 heterocycles. The molecule has 20 heavy (non-hydrogen) atoms. The molecule has 0 saturated carbocycles. The van der Waals surface area contributed by atoms with E-state index in [1.807, 2.05) is 12.4 Å². The van der Waals surface area contributed by atoms with Crippen molar-refractivity contribution in [3.05, 3.63) is 78.2 Å². The van der Waals surface area contributed by atoms with E-state index >= 15 is 0 Å². The van der Waals surface area contributed by atoms with Crippen molar-refractivity contribution in [2.75, 3.05) is 0 Å². The molecule has 0 N–H and O–H groups in total. The molecule has 0 saturated heterocycles. The van der Waals surface area contributed by atoms with Crippen LogP contribution in [0, 0.1) is 6.92 Å². The van der Waals surface area contributed by atoms with E-state index in [9.17, 15) is 0 Å². The normalized spacial score (nSPS) is 10.7. The number of benzene rings is 2. The number of aromatic nitrogens is 2. The van der Waals surface area contributed by atoms with Crippen LogP contribution >= 0.6 is 0 Å². The molecule has 0 aliphatic rings. The van der Waals surface area contributed by atoms with Crippen LogP contribution in [0.5, 0.6) is 0 Å². The van der Waals surface area contributed by atoms with Gasteiger partial charge in [-0.1, -0.05) is 60.7 Å². The number of nitrogens with zero attached hydrogens (tertiary/aromatic N) is 2. The number of aryl methyl sites for hydroxylation is 3. The first kappa shape index (κ1) is 12.7. The largest absolute Gasteiger partial charge is 0.330 e. The van der Waals surface area contributed by atoms with Gasteiger partial charge in [-0.25, -0.2) is 4.98 Å². The van der Waals surface area contributed by atoms with Crippen LogP contribution in [0.4, 0.5) is 0 Å². The highest BCUT2D eigenvalue weighted by molar-refractivity contribution is 5.62. The Morgan fingerprint density at radius 1 is 0.900 bits per heavy atom. The number of imidazole rings is 1. The predicted octanol–water partition coefficient (Wildman–Crippen LogP) is 4.10. The van der Waals surface area contributed by atoms with Gasteiger partial charge in [0, 0.05) is 12.1 Å². The molecule has 100 valence electrons. The summed E-state index contributed by atoms with van der Waals surface area (Å²) < 4.78 is 2.25. The molecule has 0 radical (unpaired) electrons. The lowest BCUT2D eigenvalue weighted by Crippen LogP contribution is -2.02. The maximum atomic E-state index is 4.47. The van der Waals surface area contributed by atoms with Crippen LogP contribution in [0.1, 0.15) is 11.3 Å².